The lowest BCUT2D eigenvalue weighted by Crippen LogP contribution is -1.97. The number of benzene rings is 1. The number of hydrogen-bond donors (Lipinski definition) is 0. The molecule has 2 rings (SSSR count). The summed E-state index contributed by atoms with van der Waals surface area (Å²) in [6.45, 7) is 4.81. The molecule has 0 N–H and O–H groups in total. The molecule has 18 heavy (non-hydrogen) atoms. The maximum absolute atomic E-state index is 6.01. The second-order valence-corrected chi connectivity index (χ2v) is 4.89. The van der Waals surface area contributed by atoms with Crippen molar-refractivity contribution in [3.8, 4) is 5.75 Å². The molecule has 0 aliphatic heterocycles. The summed E-state index contributed by atoms with van der Waals surface area (Å²) in [5.41, 5.74) is 2.25. The topological polar surface area (TPSA) is 22.1 Å². The van der Waals surface area contributed by atoms with Crippen molar-refractivity contribution in [3.05, 3.63) is 58.9 Å². The van der Waals surface area contributed by atoms with Crippen molar-refractivity contribution in [2.24, 2.45) is 0 Å². The van der Waals surface area contributed by atoms with Gasteiger partial charge in [-0.15, -0.1) is 0 Å². The van der Waals surface area contributed by atoms with Gasteiger partial charge in [0, 0.05) is 18.0 Å². The Labute approximate surface area is 113 Å². The molecule has 94 valence electrons. The first-order valence-corrected chi connectivity index (χ1v) is 6.36. The monoisotopic (exact) mass is 261 g/mol. The standard InChI is InChI=1S/C15H16ClNO/c1-11(2)12-3-5-14(6-4-12)18-10-13-7-8-17-9-15(13)16/h3-9,11H,10H2,1-2H3. The zero-order valence-corrected chi connectivity index (χ0v) is 11.3. The first kappa shape index (κ1) is 12.9. The first-order chi connectivity index (χ1) is 8.66. The lowest BCUT2D eigenvalue weighted by molar-refractivity contribution is 0.306. The van der Waals surface area contributed by atoms with Gasteiger partial charge >= 0.3 is 0 Å². The van der Waals surface area contributed by atoms with Crippen LogP contribution in [0.4, 0.5) is 0 Å². The van der Waals surface area contributed by atoms with Crippen LogP contribution in [0.15, 0.2) is 42.7 Å². The van der Waals surface area contributed by atoms with Gasteiger partial charge in [0.1, 0.15) is 12.4 Å². The number of rotatable bonds is 4. The van der Waals surface area contributed by atoms with Crippen LogP contribution in [-0.4, -0.2) is 4.98 Å². The minimum absolute atomic E-state index is 0.461. The van der Waals surface area contributed by atoms with Crippen LogP contribution in [0.2, 0.25) is 5.02 Å². The molecule has 0 fully saturated rings. The van der Waals surface area contributed by atoms with Gasteiger partial charge in [0.25, 0.3) is 0 Å². The highest BCUT2D eigenvalue weighted by Gasteiger charge is 2.02. The van der Waals surface area contributed by atoms with Crippen molar-refractivity contribution in [1.82, 2.24) is 4.98 Å². The first-order valence-electron chi connectivity index (χ1n) is 5.98. The third-order valence-corrected chi connectivity index (χ3v) is 3.14. The van der Waals surface area contributed by atoms with E-state index in [0.29, 0.717) is 17.5 Å². The minimum Gasteiger partial charge on any atom is -0.489 e. The zero-order valence-electron chi connectivity index (χ0n) is 10.6. The molecule has 2 aromatic rings. The van der Waals surface area contributed by atoms with Gasteiger partial charge in [-0.05, 0) is 29.7 Å². The number of aromatic nitrogens is 1. The molecule has 1 heterocycles. The van der Waals surface area contributed by atoms with Crippen molar-refractivity contribution < 1.29 is 4.74 Å². The van der Waals surface area contributed by atoms with Crippen LogP contribution in [0, 0.1) is 0 Å². The van der Waals surface area contributed by atoms with E-state index in [-0.39, 0.29) is 0 Å². The van der Waals surface area contributed by atoms with Gasteiger partial charge in [0.15, 0.2) is 0 Å². The molecule has 0 spiro atoms. The van der Waals surface area contributed by atoms with Crippen LogP contribution in [0.5, 0.6) is 5.75 Å². The van der Waals surface area contributed by atoms with Crippen LogP contribution >= 0.6 is 11.6 Å². The summed E-state index contributed by atoms with van der Waals surface area (Å²) in [6, 6.07) is 10.0. The van der Waals surface area contributed by atoms with Crippen LogP contribution < -0.4 is 4.74 Å². The van der Waals surface area contributed by atoms with Gasteiger partial charge < -0.3 is 4.74 Å². The Morgan fingerprint density at radius 1 is 1.17 bits per heavy atom. The maximum atomic E-state index is 6.01. The predicted octanol–water partition coefficient (Wildman–Crippen LogP) is 4.44. The summed E-state index contributed by atoms with van der Waals surface area (Å²) < 4.78 is 5.70. The fourth-order valence-electron chi connectivity index (χ4n) is 1.63. The molecule has 0 saturated carbocycles. The number of hydrogen-bond acceptors (Lipinski definition) is 2. The molecular formula is C15H16ClNO. The molecule has 0 aliphatic carbocycles. The largest absolute Gasteiger partial charge is 0.489 e. The summed E-state index contributed by atoms with van der Waals surface area (Å²) in [4.78, 5) is 3.94. The fourth-order valence-corrected chi connectivity index (χ4v) is 1.80. The summed E-state index contributed by atoms with van der Waals surface area (Å²) in [7, 11) is 0. The van der Waals surface area contributed by atoms with E-state index in [0.717, 1.165) is 11.3 Å². The van der Waals surface area contributed by atoms with Crippen molar-refractivity contribution >= 4 is 11.6 Å². The second-order valence-electron chi connectivity index (χ2n) is 4.48. The molecule has 0 saturated heterocycles. The van der Waals surface area contributed by atoms with Gasteiger partial charge in [0.2, 0.25) is 0 Å². The Morgan fingerprint density at radius 3 is 2.50 bits per heavy atom. The van der Waals surface area contributed by atoms with E-state index in [2.05, 4.69) is 31.0 Å². The summed E-state index contributed by atoms with van der Waals surface area (Å²) >= 11 is 6.01. The van der Waals surface area contributed by atoms with E-state index >= 15 is 0 Å². The number of ether oxygens (including phenoxy) is 1. The highest BCUT2D eigenvalue weighted by atomic mass is 35.5. The quantitative estimate of drug-likeness (QED) is 0.812. The maximum Gasteiger partial charge on any atom is 0.119 e. The average molecular weight is 262 g/mol. The van der Waals surface area contributed by atoms with Crippen LogP contribution in [-0.2, 0) is 6.61 Å². The van der Waals surface area contributed by atoms with Gasteiger partial charge in [0.05, 0.1) is 5.02 Å². The molecular weight excluding hydrogens is 246 g/mol. The SMILES string of the molecule is CC(C)c1ccc(OCc2ccncc2Cl)cc1. The molecule has 0 amide bonds. The van der Waals surface area contributed by atoms with Gasteiger partial charge in [-0.1, -0.05) is 37.6 Å². The Morgan fingerprint density at radius 2 is 1.89 bits per heavy atom. The predicted molar refractivity (Wildman–Crippen MR) is 74.1 cm³/mol. The van der Waals surface area contributed by atoms with Gasteiger partial charge in [-0.3, -0.25) is 4.98 Å². The van der Waals surface area contributed by atoms with E-state index < -0.39 is 0 Å². The molecule has 2 nitrogen and oxygen atoms in total. The van der Waals surface area contributed by atoms with Crippen molar-refractivity contribution in [3.63, 3.8) is 0 Å². The van der Waals surface area contributed by atoms with E-state index in [1.54, 1.807) is 12.4 Å². The number of nitrogens with zero attached hydrogens (tertiary/aromatic N) is 1. The molecule has 0 radical (unpaired) electrons. The zero-order chi connectivity index (χ0) is 13.0. The Hall–Kier alpha value is -1.54. The minimum atomic E-state index is 0.461. The fraction of sp³-hybridized carbons (Fsp3) is 0.267. The molecule has 0 unspecified atom stereocenters. The highest BCUT2D eigenvalue weighted by Crippen LogP contribution is 2.20. The lowest BCUT2D eigenvalue weighted by atomic mass is 10.0. The average Bonchev–Trinajstić information content (AvgIpc) is 2.38. The normalized spacial score (nSPS) is 10.7. The molecule has 3 heteroatoms. The van der Waals surface area contributed by atoms with Crippen molar-refractivity contribution in [1.29, 1.82) is 0 Å². The van der Waals surface area contributed by atoms with Crippen LogP contribution in [0.25, 0.3) is 0 Å². The smallest absolute Gasteiger partial charge is 0.119 e. The molecule has 1 aromatic carbocycles. The van der Waals surface area contributed by atoms with E-state index in [4.69, 9.17) is 16.3 Å². The summed E-state index contributed by atoms with van der Waals surface area (Å²) in [5.74, 6) is 1.39. The highest BCUT2D eigenvalue weighted by molar-refractivity contribution is 6.31. The van der Waals surface area contributed by atoms with Crippen LogP contribution in [0.1, 0.15) is 30.9 Å². The Kier molecular flexibility index (Phi) is 4.21. The van der Waals surface area contributed by atoms with Crippen molar-refractivity contribution in [2.75, 3.05) is 0 Å². The Balaban J connectivity index is 2.00. The van der Waals surface area contributed by atoms with Gasteiger partial charge in [-0.2, -0.15) is 0 Å². The lowest BCUT2D eigenvalue weighted by Gasteiger charge is -2.09. The third-order valence-electron chi connectivity index (χ3n) is 2.80. The van der Waals surface area contributed by atoms with Crippen molar-refractivity contribution in [2.45, 2.75) is 26.4 Å². The second kappa shape index (κ2) is 5.87. The Bertz CT molecular complexity index is 508. The van der Waals surface area contributed by atoms with E-state index in [1.165, 1.54) is 5.56 Å². The molecule has 0 bridgehead atoms. The molecule has 0 aliphatic rings. The van der Waals surface area contributed by atoms with Gasteiger partial charge in [-0.25, -0.2) is 0 Å². The molecule has 0 atom stereocenters. The summed E-state index contributed by atoms with van der Waals surface area (Å²) in [5, 5.41) is 0.635. The third kappa shape index (κ3) is 3.23. The van der Waals surface area contributed by atoms with E-state index in [1.807, 2.05) is 18.2 Å². The number of pyridine rings is 1. The van der Waals surface area contributed by atoms with E-state index in [9.17, 15) is 0 Å². The molecule has 1 aromatic heterocycles. The summed E-state index contributed by atoms with van der Waals surface area (Å²) in [6.07, 6.45) is 3.34. The van der Waals surface area contributed by atoms with Crippen LogP contribution in [0.3, 0.4) is 0 Å². The number of halogens is 1.